The molecule has 0 aliphatic carbocycles. The number of piperidine rings is 1. The molecular formula is C26H35FN4O3. The highest BCUT2D eigenvalue weighted by Crippen LogP contribution is 2.22. The molecule has 184 valence electrons. The number of rotatable bonds is 8. The predicted octanol–water partition coefficient (Wildman–Crippen LogP) is 4.38. The molecule has 3 rings (SSSR count). The van der Waals surface area contributed by atoms with Gasteiger partial charge in [-0.25, -0.2) is 9.18 Å². The van der Waals surface area contributed by atoms with Crippen LogP contribution in [0, 0.1) is 5.82 Å². The van der Waals surface area contributed by atoms with Gasteiger partial charge in [0, 0.05) is 31.7 Å². The van der Waals surface area contributed by atoms with Crippen LogP contribution in [-0.2, 0) is 17.9 Å². The van der Waals surface area contributed by atoms with Gasteiger partial charge in [-0.15, -0.1) is 0 Å². The number of anilines is 1. The van der Waals surface area contributed by atoms with Crippen LogP contribution in [0.5, 0.6) is 5.75 Å². The van der Waals surface area contributed by atoms with Gasteiger partial charge in [0.2, 0.25) is 5.91 Å². The number of likely N-dealkylation sites (tertiary alicyclic amines) is 1. The highest BCUT2D eigenvalue weighted by atomic mass is 19.1. The number of carbonyl (C=O) groups excluding carboxylic acids is 2. The second-order valence-electron chi connectivity index (χ2n) is 9.11. The molecule has 1 aliphatic heterocycles. The fourth-order valence-corrected chi connectivity index (χ4v) is 4.10. The van der Waals surface area contributed by atoms with Gasteiger partial charge in [0.05, 0.1) is 6.10 Å². The minimum atomic E-state index is -0.448. The van der Waals surface area contributed by atoms with Crippen molar-refractivity contribution in [3.63, 3.8) is 0 Å². The van der Waals surface area contributed by atoms with Crippen LogP contribution in [0.15, 0.2) is 42.5 Å². The standard InChI is InChI=1S/C26H35FN4O3/c1-18(2)34-24-9-5-20(6-10-24)17-31(23-11-13-30(4)14-12-23)26(33)28-16-21-7-8-22(27)15-25(21)29-19(3)32/h5-10,15,18,23H,11-14,16-17H2,1-4H3,(H,28,33)(H,29,32). The van der Waals surface area contributed by atoms with E-state index >= 15 is 0 Å². The van der Waals surface area contributed by atoms with Crippen molar-refractivity contribution in [2.24, 2.45) is 0 Å². The van der Waals surface area contributed by atoms with E-state index in [1.807, 2.05) is 43.0 Å². The van der Waals surface area contributed by atoms with Gasteiger partial charge < -0.3 is 25.2 Å². The first kappa shape index (κ1) is 25.5. The van der Waals surface area contributed by atoms with Crippen molar-refractivity contribution in [3.05, 3.63) is 59.4 Å². The van der Waals surface area contributed by atoms with Gasteiger partial charge in [-0.1, -0.05) is 18.2 Å². The Balaban J connectivity index is 1.73. The van der Waals surface area contributed by atoms with Gasteiger partial charge >= 0.3 is 6.03 Å². The molecule has 34 heavy (non-hydrogen) atoms. The van der Waals surface area contributed by atoms with Gasteiger partial charge in [-0.2, -0.15) is 0 Å². The molecule has 0 atom stereocenters. The van der Waals surface area contributed by atoms with E-state index in [0.29, 0.717) is 17.8 Å². The van der Waals surface area contributed by atoms with E-state index in [9.17, 15) is 14.0 Å². The summed E-state index contributed by atoms with van der Waals surface area (Å²) in [5.41, 5.74) is 2.02. The summed E-state index contributed by atoms with van der Waals surface area (Å²) in [6.07, 6.45) is 1.89. The number of amides is 3. The number of benzene rings is 2. The summed E-state index contributed by atoms with van der Waals surface area (Å²) in [5.74, 6) is 0.0588. The topological polar surface area (TPSA) is 73.9 Å². The second kappa shape index (κ2) is 11.8. The van der Waals surface area contributed by atoms with E-state index in [2.05, 4.69) is 22.6 Å². The first-order valence-corrected chi connectivity index (χ1v) is 11.8. The molecule has 1 fully saturated rings. The summed E-state index contributed by atoms with van der Waals surface area (Å²) >= 11 is 0. The Hall–Kier alpha value is -3.13. The molecule has 2 aromatic carbocycles. The van der Waals surface area contributed by atoms with Crippen LogP contribution in [0.2, 0.25) is 0 Å². The van der Waals surface area contributed by atoms with E-state index < -0.39 is 5.82 Å². The molecule has 0 aromatic heterocycles. The van der Waals surface area contributed by atoms with Gasteiger partial charge in [0.25, 0.3) is 0 Å². The second-order valence-corrected chi connectivity index (χ2v) is 9.11. The predicted molar refractivity (Wildman–Crippen MR) is 131 cm³/mol. The SMILES string of the molecule is CC(=O)Nc1cc(F)ccc1CNC(=O)N(Cc1ccc(OC(C)C)cc1)C1CCN(C)CC1. The number of ether oxygens (including phenoxy) is 1. The molecule has 1 heterocycles. The summed E-state index contributed by atoms with van der Waals surface area (Å²) in [6.45, 7) is 7.85. The molecule has 1 aliphatic rings. The van der Waals surface area contributed by atoms with Crippen molar-refractivity contribution in [1.29, 1.82) is 0 Å². The fraction of sp³-hybridized carbons (Fsp3) is 0.462. The van der Waals surface area contributed by atoms with Crippen LogP contribution in [0.3, 0.4) is 0 Å². The van der Waals surface area contributed by atoms with Gasteiger partial charge in [0.15, 0.2) is 0 Å². The number of hydrogen-bond donors (Lipinski definition) is 2. The highest BCUT2D eigenvalue weighted by Gasteiger charge is 2.27. The van der Waals surface area contributed by atoms with Crippen molar-refractivity contribution in [1.82, 2.24) is 15.1 Å². The zero-order valence-electron chi connectivity index (χ0n) is 20.4. The molecule has 8 heteroatoms. The Kier molecular flexibility index (Phi) is 8.87. The van der Waals surface area contributed by atoms with E-state index in [-0.39, 0.29) is 30.6 Å². The summed E-state index contributed by atoms with van der Waals surface area (Å²) in [5, 5.41) is 5.61. The molecule has 0 bridgehead atoms. The Morgan fingerprint density at radius 2 is 1.82 bits per heavy atom. The first-order chi connectivity index (χ1) is 16.2. The van der Waals surface area contributed by atoms with Crippen molar-refractivity contribution >= 4 is 17.6 Å². The van der Waals surface area contributed by atoms with Gasteiger partial charge in [-0.3, -0.25) is 4.79 Å². The van der Waals surface area contributed by atoms with Crippen molar-refractivity contribution in [2.75, 3.05) is 25.5 Å². The number of nitrogens with zero attached hydrogens (tertiary/aromatic N) is 2. The number of carbonyl (C=O) groups is 2. The fourth-order valence-electron chi connectivity index (χ4n) is 4.10. The van der Waals surface area contributed by atoms with Crippen LogP contribution in [0.4, 0.5) is 14.9 Å². The number of hydrogen-bond acceptors (Lipinski definition) is 4. The lowest BCUT2D eigenvalue weighted by Crippen LogP contribution is -2.49. The lowest BCUT2D eigenvalue weighted by atomic mass is 10.0. The van der Waals surface area contributed by atoms with Crippen LogP contribution >= 0.6 is 0 Å². The maximum atomic E-state index is 13.7. The first-order valence-electron chi connectivity index (χ1n) is 11.8. The minimum absolute atomic E-state index is 0.0983. The maximum absolute atomic E-state index is 13.7. The highest BCUT2D eigenvalue weighted by molar-refractivity contribution is 5.89. The monoisotopic (exact) mass is 470 g/mol. The molecule has 7 nitrogen and oxygen atoms in total. The third-order valence-electron chi connectivity index (χ3n) is 5.85. The molecule has 2 aromatic rings. The zero-order chi connectivity index (χ0) is 24.7. The minimum Gasteiger partial charge on any atom is -0.491 e. The van der Waals surface area contributed by atoms with Crippen LogP contribution in [0.1, 0.15) is 44.7 Å². The molecule has 0 saturated carbocycles. The van der Waals surface area contributed by atoms with Gasteiger partial charge in [0.1, 0.15) is 11.6 Å². The van der Waals surface area contributed by atoms with Gasteiger partial charge in [-0.05, 0) is 82.2 Å². The van der Waals surface area contributed by atoms with Crippen LogP contribution in [-0.4, -0.2) is 54.0 Å². The molecule has 3 amide bonds. The smallest absolute Gasteiger partial charge is 0.318 e. The third kappa shape index (κ3) is 7.45. The molecule has 0 spiro atoms. The number of nitrogens with one attached hydrogen (secondary N) is 2. The summed E-state index contributed by atoms with van der Waals surface area (Å²) in [7, 11) is 2.09. The van der Waals surface area contributed by atoms with Crippen molar-refractivity contribution in [2.45, 2.75) is 58.8 Å². The van der Waals surface area contributed by atoms with Crippen LogP contribution < -0.4 is 15.4 Å². The average Bonchev–Trinajstić information content (AvgIpc) is 2.78. The Labute approximate surface area is 201 Å². The van der Waals surface area contributed by atoms with Crippen molar-refractivity contribution < 1.29 is 18.7 Å². The van der Waals surface area contributed by atoms with E-state index in [1.165, 1.54) is 19.1 Å². The van der Waals surface area contributed by atoms with E-state index in [0.717, 1.165) is 37.2 Å². The largest absolute Gasteiger partial charge is 0.491 e. The van der Waals surface area contributed by atoms with Crippen molar-refractivity contribution in [3.8, 4) is 5.75 Å². The lowest BCUT2D eigenvalue weighted by Gasteiger charge is -2.37. The number of urea groups is 1. The number of halogens is 1. The Morgan fingerprint density at radius 3 is 2.44 bits per heavy atom. The maximum Gasteiger partial charge on any atom is 0.318 e. The Bertz CT molecular complexity index is 973. The lowest BCUT2D eigenvalue weighted by molar-refractivity contribution is -0.114. The average molecular weight is 471 g/mol. The Morgan fingerprint density at radius 1 is 1.15 bits per heavy atom. The summed E-state index contributed by atoms with van der Waals surface area (Å²) in [4.78, 5) is 29.0. The van der Waals surface area contributed by atoms with E-state index in [1.54, 1.807) is 6.07 Å². The quantitative estimate of drug-likeness (QED) is 0.601. The zero-order valence-corrected chi connectivity index (χ0v) is 20.4. The molecule has 2 N–H and O–H groups in total. The van der Waals surface area contributed by atoms with Crippen LogP contribution in [0.25, 0.3) is 0 Å². The molecular weight excluding hydrogens is 435 g/mol. The molecule has 0 unspecified atom stereocenters. The molecule has 1 saturated heterocycles. The van der Waals surface area contributed by atoms with E-state index in [4.69, 9.17) is 4.74 Å². The normalized spacial score (nSPS) is 14.6. The third-order valence-corrected chi connectivity index (χ3v) is 5.85. The summed E-state index contributed by atoms with van der Waals surface area (Å²) in [6, 6.07) is 11.9. The molecule has 0 radical (unpaired) electrons. The summed E-state index contributed by atoms with van der Waals surface area (Å²) < 4.78 is 19.4.